The Morgan fingerprint density at radius 2 is 1.54 bits per heavy atom. The largest absolute Gasteiger partial charge is 0.378 e. The lowest BCUT2D eigenvalue weighted by atomic mass is 9.94. The van der Waals surface area contributed by atoms with Crippen LogP contribution in [-0.4, -0.2) is 73.4 Å². The molecule has 3 fully saturated rings. The molecule has 1 aliphatic carbocycles. The van der Waals surface area contributed by atoms with Crippen LogP contribution in [0.25, 0.3) is 10.9 Å². The zero-order chi connectivity index (χ0) is 18.8. The zero-order valence-corrected chi connectivity index (χ0v) is 16.7. The van der Waals surface area contributed by atoms with E-state index in [1.54, 1.807) is 0 Å². The first-order chi connectivity index (χ1) is 13.9. The van der Waals surface area contributed by atoms with Gasteiger partial charge in [-0.1, -0.05) is 31.4 Å². The molecule has 0 N–H and O–H groups in total. The molecular formula is C22H31N5O. The summed E-state index contributed by atoms with van der Waals surface area (Å²) in [6.45, 7) is 7.66. The molecule has 2 saturated heterocycles. The molecule has 6 nitrogen and oxygen atoms in total. The van der Waals surface area contributed by atoms with Crippen LogP contribution in [0.4, 0.5) is 11.8 Å². The summed E-state index contributed by atoms with van der Waals surface area (Å²) in [5.41, 5.74) is 1.05. The van der Waals surface area contributed by atoms with Gasteiger partial charge in [-0.2, -0.15) is 4.98 Å². The molecule has 1 aromatic heterocycles. The zero-order valence-electron chi connectivity index (χ0n) is 16.7. The van der Waals surface area contributed by atoms with E-state index in [4.69, 9.17) is 14.7 Å². The van der Waals surface area contributed by atoms with Gasteiger partial charge in [0, 0.05) is 50.7 Å². The Morgan fingerprint density at radius 3 is 2.32 bits per heavy atom. The number of hydrogen-bond acceptors (Lipinski definition) is 6. The quantitative estimate of drug-likeness (QED) is 0.815. The normalized spacial score (nSPS) is 22.7. The van der Waals surface area contributed by atoms with Crippen LogP contribution in [0.5, 0.6) is 0 Å². The third kappa shape index (κ3) is 3.67. The summed E-state index contributed by atoms with van der Waals surface area (Å²) in [5, 5.41) is 1.15. The highest BCUT2D eigenvalue weighted by Crippen LogP contribution is 2.29. The summed E-state index contributed by atoms with van der Waals surface area (Å²) < 4.78 is 5.55. The van der Waals surface area contributed by atoms with E-state index in [0.29, 0.717) is 0 Å². The minimum Gasteiger partial charge on any atom is -0.378 e. The average Bonchev–Trinajstić information content (AvgIpc) is 2.79. The Labute approximate surface area is 167 Å². The van der Waals surface area contributed by atoms with Crippen molar-refractivity contribution in [3.63, 3.8) is 0 Å². The van der Waals surface area contributed by atoms with E-state index in [0.717, 1.165) is 81.2 Å². The number of para-hydroxylation sites is 1. The topological polar surface area (TPSA) is 44.7 Å². The van der Waals surface area contributed by atoms with Gasteiger partial charge >= 0.3 is 0 Å². The van der Waals surface area contributed by atoms with Gasteiger partial charge in [0.05, 0.1) is 18.7 Å². The van der Waals surface area contributed by atoms with Crippen LogP contribution in [-0.2, 0) is 4.74 Å². The fourth-order valence-corrected chi connectivity index (χ4v) is 4.94. The van der Waals surface area contributed by atoms with Gasteiger partial charge in [-0.05, 0) is 25.0 Å². The highest BCUT2D eigenvalue weighted by molar-refractivity contribution is 5.90. The second-order valence-corrected chi connectivity index (χ2v) is 8.28. The summed E-state index contributed by atoms with van der Waals surface area (Å²) in [5.74, 6) is 1.96. The van der Waals surface area contributed by atoms with E-state index in [2.05, 4.69) is 39.0 Å². The molecule has 0 atom stereocenters. The molecule has 3 heterocycles. The van der Waals surface area contributed by atoms with Crippen molar-refractivity contribution in [2.45, 2.75) is 38.1 Å². The number of nitrogens with zero attached hydrogens (tertiary/aromatic N) is 5. The molecule has 2 aromatic rings. The van der Waals surface area contributed by atoms with Crippen LogP contribution < -0.4 is 9.80 Å². The Balaban J connectivity index is 1.37. The van der Waals surface area contributed by atoms with Gasteiger partial charge in [0.25, 0.3) is 0 Å². The van der Waals surface area contributed by atoms with Gasteiger partial charge < -0.3 is 14.5 Å². The van der Waals surface area contributed by atoms with Crippen molar-refractivity contribution < 1.29 is 4.74 Å². The van der Waals surface area contributed by atoms with E-state index in [-0.39, 0.29) is 0 Å². The van der Waals surface area contributed by atoms with E-state index in [1.807, 2.05) is 0 Å². The van der Waals surface area contributed by atoms with Gasteiger partial charge in [0.15, 0.2) is 0 Å². The predicted octanol–water partition coefficient (Wildman–Crippen LogP) is 2.92. The molecule has 0 unspecified atom stereocenters. The monoisotopic (exact) mass is 381 g/mol. The molecule has 5 rings (SSSR count). The minimum atomic E-state index is 0.772. The van der Waals surface area contributed by atoms with E-state index in [1.165, 1.54) is 32.1 Å². The average molecular weight is 382 g/mol. The van der Waals surface area contributed by atoms with Crippen molar-refractivity contribution >= 4 is 22.7 Å². The van der Waals surface area contributed by atoms with E-state index in [9.17, 15) is 0 Å². The fraction of sp³-hybridized carbons (Fsp3) is 0.636. The number of piperazine rings is 1. The molecule has 0 radical (unpaired) electrons. The van der Waals surface area contributed by atoms with Crippen molar-refractivity contribution in [2.24, 2.45) is 0 Å². The Bertz CT molecular complexity index is 793. The number of morpholine rings is 1. The molecule has 1 aromatic carbocycles. The molecule has 0 amide bonds. The van der Waals surface area contributed by atoms with Gasteiger partial charge in [-0.3, -0.25) is 4.90 Å². The molecule has 150 valence electrons. The molecule has 28 heavy (non-hydrogen) atoms. The van der Waals surface area contributed by atoms with Gasteiger partial charge in [-0.25, -0.2) is 4.98 Å². The highest BCUT2D eigenvalue weighted by Gasteiger charge is 2.27. The van der Waals surface area contributed by atoms with Crippen LogP contribution >= 0.6 is 0 Å². The summed E-state index contributed by atoms with van der Waals surface area (Å²) in [4.78, 5) is 17.4. The lowest BCUT2D eigenvalue weighted by Gasteiger charge is -2.41. The number of hydrogen-bond donors (Lipinski definition) is 0. The number of aromatic nitrogens is 2. The smallest absolute Gasteiger partial charge is 0.227 e. The van der Waals surface area contributed by atoms with Crippen molar-refractivity contribution in [1.82, 2.24) is 14.9 Å². The molecule has 0 bridgehead atoms. The van der Waals surface area contributed by atoms with Crippen molar-refractivity contribution in [2.75, 3.05) is 62.3 Å². The highest BCUT2D eigenvalue weighted by atomic mass is 16.5. The van der Waals surface area contributed by atoms with Crippen molar-refractivity contribution in [1.29, 1.82) is 0 Å². The standard InChI is InChI=1S/C22H31N5O/c1-2-6-18(7-3-1)25-10-12-27(13-11-25)22-23-20-9-5-4-8-19(20)21(24-22)26-14-16-28-17-15-26/h4-5,8-9,18H,1-3,6-7,10-17H2. The Morgan fingerprint density at radius 1 is 0.786 bits per heavy atom. The van der Waals surface area contributed by atoms with Crippen LogP contribution in [0.2, 0.25) is 0 Å². The first-order valence-corrected chi connectivity index (χ1v) is 11.0. The van der Waals surface area contributed by atoms with Crippen LogP contribution in [0, 0.1) is 0 Å². The molecule has 0 spiro atoms. The number of fused-ring (bicyclic) bond motifs is 1. The molecular weight excluding hydrogens is 350 g/mol. The first-order valence-electron chi connectivity index (χ1n) is 11.0. The lowest BCUT2D eigenvalue weighted by Crippen LogP contribution is -2.51. The summed E-state index contributed by atoms with van der Waals surface area (Å²) >= 11 is 0. The predicted molar refractivity (Wildman–Crippen MR) is 113 cm³/mol. The van der Waals surface area contributed by atoms with E-state index >= 15 is 0 Å². The summed E-state index contributed by atoms with van der Waals surface area (Å²) in [7, 11) is 0. The summed E-state index contributed by atoms with van der Waals surface area (Å²) in [6.07, 6.45) is 7.00. The third-order valence-electron chi connectivity index (χ3n) is 6.57. The maximum absolute atomic E-state index is 5.55. The second-order valence-electron chi connectivity index (χ2n) is 8.28. The van der Waals surface area contributed by atoms with Crippen LogP contribution in [0.3, 0.4) is 0 Å². The van der Waals surface area contributed by atoms with Gasteiger partial charge in [0.2, 0.25) is 5.95 Å². The van der Waals surface area contributed by atoms with Crippen molar-refractivity contribution in [3.05, 3.63) is 24.3 Å². The second kappa shape index (κ2) is 8.21. The SMILES string of the molecule is c1ccc2c(N3CCOCC3)nc(N3CCN(C4CCCCC4)CC3)nc2c1. The van der Waals surface area contributed by atoms with E-state index < -0.39 is 0 Å². The number of ether oxygens (including phenoxy) is 1. The van der Waals surface area contributed by atoms with Gasteiger partial charge in [-0.15, -0.1) is 0 Å². The maximum Gasteiger partial charge on any atom is 0.227 e. The maximum atomic E-state index is 5.55. The Kier molecular flexibility index (Phi) is 5.32. The van der Waals surface area contributed by atoms with Crippen LogP contribution in [0.1, 0.15) is 32.1 Å². The molecule has 2 aliphatic heterocycles. The van der Waals surface area contributed by atoms with Crippen LogP contribution in [0.15, 0.2) is 24.3 Å². The Hall–Kier alpha value is -1.92. The van der Waals surface area contributed by atoms with Gasteiger partial charge in [0.1, 0.15) is 5.82 Å². The fourth-order valence-electron chi connectivity index (χ4n) is 4.94. The third-order valence-corrected chi connectivity index (χ3v) is 6.57. The number of rotatable bonds is 3. The van der Waals surface area contributed by atoms with Crippen molar-refractivity contribution in [3.8, 4) is 0 Å². The number of anilines is 2. The lowest BCUT2D eigenvalue weighted by molar-refractivity contribution is 0.122. The minimum absolute atomic E-state index is 0.772. The summed E-state index contributed by atoms with van der Waals surface area (Å²) in [6, 6.07) is 9.21. The number of benzene rings is 1. The first kappa shape index (κ1) is 18.1. The molecule has 1 saturated carbocycles. The molecule has 6 heteroatoms. The molecule has 3 aliphatic rings.